The number of hydrogen-bond acceptors (Lipinski definition) is 5. The van der Waals surface area contributed by atoms with E-state index in [1.165, 1.54) is 0 Å². The fraction of sp³-hybridized carbons (Fsp3) is 0.467. The lowest BCUT2D eigenvalue weighted by molar-refractivity contribution is 0.268. The first kappa shape index (κ1) is 15.8. The molecule has 0 fully saturated rings. The van der Waals surface area contributed by atoms with Gasteiger partial charge < -0.3 is 10.1 Å². The number of aryl methyl sites for hydroxylation is 1. The van der Waals surface area contributed by atoms with Crippen molar-refractivity contribution < 1.29 is 9.37 Å². The van der Waals surface area contributed by atoms with Crippen molar-refractivity contribution >= 4 is 11.6 Å². The van der Waals surface area contributed by atoms with Gasteiger partial charge in [-0.25, -0.2) is 4.63 Å². The quantitative estimate of drug-likeness (QED) is 0.850. The van der Waals surface area contributed by atoms with Gasteiger partial charge in [0.15, 0.2) is 0 Å². The molecular formula is C15H20ClN3O2. The van der Waals surface area contributed by atoms with Gasteiger partial charge in [0, 0.05) is 12.1 Å². The monoisotopic (exact) mass is 309 g/mol. The topological polar surface area (TPSA) is 60.2 Å². The molecule has 0 saturated carbocycles. The van der Waals surface area contributed by atoms with Crippen molar-refractivity contribution in [2.45, 2.75) is 33.9 Å². The molecule has 0 bridgehead atoms. The van der Waals surface area contributed by atoms with E-state index in [1.807, 2.05) is 25.1 Å². The number of nitrogens with zero attached hydrogens (tertiary/aromatic N) is 2. The van der Waals surface area contributed by atoms with Crippen molar-refractivity contribution in [2.75, 3.05) is 6.54 Å². The third kappa shape index (κ3) is 4.44. The molecule has 0 amide bonds. The number of aromatic nitrogens is 2. The van der Waals surface area contributed by atoms with E-state index >= 15 is 0 Å². The van der Waals surface area contributed by atoms with Crippen LogP contribution in [0.25, 0.3) is 0 Å². The fourth-order valence-corrected chi connectivity index (χ4v) is 2.12. The van der Waals surface area contributed by atoms with E-state index in [0.29, 0.717) is 28.9 Å². The predicted octanol–water partition coefficient (Wildman–Crippen LogP) is 3.36. The van der Waals surface area contributed by atoms with Crippen LogP contribution < -0.4 is 10.1 Å². The van der Waals surface area contributed by atoms with Crippen LogP contribution in [0.5, 0.6) is 5.75 Å². The number of hydrogen-bond donors (Lipinski definition) is 1. The first-order valence-corrected chi connectivity index (χ1v) is 7.34. The lowest BCUT2D eigenvalue weighted by atomic mass is 10.1. The summed E-state index contributed by atoms with van der Waals surface area (Å²) in [6, 6.07) is 5.74. The Morgan fingerprint density at radius 1 is 1.33 bits per heavy atom. The van der Waals surface area contributed by atoms with E-state index in [-0.39, 0.29) is 6.61 Å². The summed E-state index contributed by atoms with van der Waals surface area (Å²) in [5, 5.41) is 11.5. The lowest BCUT2D eigenvalue weighted by Crippen LogP contribution is -2.19. The largest absolute Gasteiger partial charge is 0.485 e. The first-order valence-electron chi connectivity index (χ1n) is 6.97. The summed E-state index contributed by atoms with van der Waals surface area (Å²) in [6.07, 6.45) is 0. The molecule has 1 aromatic heterocycles. The predicted molar refractivity (Wildman–Crippen MR) is 81.4 cm³/mol. The molecule has 2 aromatic rings. The minimum Gasteiger partial charge on any atom is -0.485 e. The van der Waals surface area contributed by atoms with Crippen LogP contribution in [0.15, 0.2) is 22.8 Å². The number of para-hydroxylation sites is 1. The molecule has 21 heavy (non-hydrogen) atoms. The highest BCUT2D eigenvalue weighted by atomic mass is 35.5. The van der Waals surface area contributed by atoms with Crippen molar-refractivity contribution in [1.82, 2.24) is 15.6 Å². The van der Waals surface area contributed by atoms with Crippen LogP contribution in [0, 0.1) is 12.8 Å². The van der Waals surface area contributed by atoms with Crippen molar-refractivity contribution in [3.05, 3.63) is 40.2 Å². The van der Waals surface area contributed by atoms with Gasteiger partial charge >= 0.3 is 0 Å². The van der Waals surface area contributed by atoms with Crippen LogP contribution in [0.4, 0.5) is 0 Å². The molecule has 1 aromatic carbocycles. The van der Waals surface area contributed by atoms with Crippen LogP contribution in [0.2, 0.25) is 5.02 Å². The molecular weight excluding hydrogens is 290 g/mol. The standard InChI is InChI=1S/C15H20ClN3O2/c1-10(2)7-17-8-12-5-4-6-13(16)15(12)20-9-14-11(3)18-21-19-14/h4-6,10,17H,7-9H2,1-3H3. The van der Waals surface area contributed by atoms with Gasteiger partial charge in [-0.3, -0.25) is 0 Å². The molecule has 0 aliphatic rings. The average molecular weight is 310 g/mol. The zero-order valence-electron chi connectivity index (χ0n) is 12.5. The molecule has 6 heteroatoms. The minimum atomic E-state index is 0.288. The molecule has 0 saturated heterocycles. The molecule has 0 atom stereocenters. The number of halogens is 1. The summed E-state index contributed by atoms with van der Waals surface area (Å²) in [4.78, 5) is 0. The van der Waals surface area contributed by atoms with Crippen molar-refractivity contribution in [3.63, 3.8) is 0 Å². The zero-order chi connectivity index (χ0) is 15.2. The summed E-state index contributed by atoms with van der Waals surface area (Å²) in [7, 11) is 0. The van der Waals surface area contributed by atoms with Crippen LogP contribution in [0.1, 0.15) is 30.8 Å². The Morgan fingerprint density at radius 3 is 2.81 bits per heavy atom. The maximum Gasteiger partial charge on any atom is 0.145 e. The van der Waals surface area contributed by atoms with E-state index in [0.717, 1.165) is 17.8 Å². The maximum atomic E-state index is 6.24. The average Bonchev–Trinajstić information content (AvgIpc) is 2.83. The highest BCUT2D eigenvalue weighted by Gasteiger charge is 2.11. The third-order valence-electron chi connectivity index (χ3n) is 3.02. The van der Waals surface area contributed by atoms with Gasteiger partial charge in [-0.15, -0.1) is 0 Å². The van der Waals surface area contributed by atoms with Crippen molar-refractivity contribution in [2.24, 2.45) is 5.92 Å². The Hall–Kier alpha value is -1.59. The van der Waals surface area contributed by atoms with Crippen LogP contribution in [0.3, 0.4) is 0 Å². The van der Waals surface area contributed by atoms with E-state index < -0.39 is 0 Å². The smallest absolute Gasteiger partial charge is 0.145 e. The Morgan fingerprint density at radius 2 is 2.14 bits per heavy atom. The van der Waals surface area contributed by atoms with E-state index in [2.05, 4.69) is 34.1 Å². The van der Waals surface area contributed by atoms with Crippen LogP contribution in [-0.2, 0) is 13.2 Å². The molecule has 0 spiro atoms. The summed E-state index contributed by atoms with van der Waals surface area (Å²) in [5.74, 6) is 1.27. The summed E-state index contributed by atoms with van der Waals surface area (Å²) in [5.41, 5.74) is 2.43. The Bertz CT molecular complexity index is 584. The van der Waals surface area contributed by atoms with Crippen molar-refractivity contribution in [1.29, 1.82) is 0 Å². The molecule has 114 valence electrons. The highest BCUT2D eigenvalue weighted by Crippen LogP contribution is 2.29. The third-order valence-corrected chi connectivity index (χ3v) is 3.31. The minimum absolute atomic E-state index is 0.288. The second-order valence-electron chi connectivity index (χ2n) is 5.34. The van der Waals surface area contributed by atoms with Gasteiger partial charge in [-0.05, 0) is 25.5 Å². The zero-order valence-corrected chi connectivity index (χ0v) is 13.3. The van der Waals surface area contributed by atoms with E-state index in [1.54, 1.807) is 0 Å². The van der Waals surface area contributed by atoms with Gasteiger partial charge in [-0.1, -0.05) is 47.9 Å². The van der Waals surface area contributed by atoms with Crippen molar-refractivity contribution in [3.8, 4) is 5.75 Å². The van der Waals surface area contributed by atoms with Gasteiger partial charge in [0.05, 0.1) is 5.02 Å². The Balaban J connectivity index is 2.05. The number of benzene rings is 1. The first-order chi connectivity index (χ1) is 10.1. The van der Waals surface area contributed by atoms with Crippen LogP contribution in [-0.4, -0.2) is 16.9 Å². The summed E-state index contributed by atoms with van der Waals surface area (Å²) >= 11 is 6.24. The van der Waals surface area contributed by atoms with E-state index in [9.17, 15) is 0 Å². The lowest BCUT2D eigenvalue weighted by Gasteiger charge is -2.14. The molecule has 2 rings (SSSR count). The SMILES string of the molecule is Cc1nonc1COc1c(Cl)cccc1CNCC(C)C. The fourth-order valence-electron chi connectivity index (χ4n) is 1.87. The molecule has 0 radical (unpaired) electrons. The van der Waals surface area contributed by atoms with Gasteiger partial charge in [-0.2, -0.15) is 0 Å². The second-order valence-corrected chi connectivity index (χ2v) is 5.75. The maximum absolute atomic E-state index is 6.24. The van der Waals surface area contributed by atoms with Crippen LogP contribution >= 0.6 is 11.6 Å². The number of rotatable bonds is 7. The Kier molecular flexibility index (Phi) is 5.59. The molecule has 0 aliphatic carbocycles. The summed E-state index contributed by atoms with van der Waals surface area (Å²) < 4.78 is 10.5. The Labute approximate surface area is 129 Å². The normalized spacial score (nSPS) is 11.1. The molecule has 5 nitrogen and oxygen atoms in total. The summed E-state index contributed by atoms with van der Waals surface area (Å²) in [6.45, 7) is 8.11. The second kappa shape index (κ2) is 7.43. The number of ether oxygens (including phenoxy) is 1. The van der Waals surface area contributed by atoms with Gasteiger partial charge in [0.25, 0.3) is 0 Å². The highest BCUT2D eigenvalue weighted by molar-refractivity contribution is 6.32. The molecule has 1 heterocycles. The van der Waals surface area contributed by atoms with Gasteiger partial charge in [0.2, 0.25) is 0 Å². The van der Waals surface area contributed by atoms with Gasteiger partial charge in [0.1, 0.15) is 23.7 Å². The van der Waals surface area contributed by atoms with E-state index in [4.69, 9.17) is 16.3 Å². The number of nitrogens with one attached hydrogen (secondary N) is 1. The molecule has 1 N–H and O–H groups in total. The molecule has 0 unspecified atom stereocenters. The molecule has 0 aliphatic heterocycles.